The van der Waals surface area contributed by atoms with Crippen LogP contribution < -0.4 is 20.5 Å². The Morgan fingerprint density at radius 3 is 2.50 bits per heavy atom. The van der Waals surface area contributed by atoms with Crippen LogP contribution in [0.25, 0.3) is 10.2 Å². The third-order valence-electron chi connectivity index (χ3n) is 3.49. The maximum absolute atomic E-state index is 12.5. The van der Waals surface area contributed by atoms with Crippen molar-refractivity contribution in [1.29, 1.82) is 0 Å². The van der Waals surface area contributed by atoms with Crippen molar-refractivity contribution in [2.24, 2.45) is 0 Å². The number of benzene rings is 1. The number of carbonyl (C=O) groups excluding carboxylic acids is 1. The van der Waals surface area contributed by atoms with Gasteiger partial charge in [0.15, 0.2) is 0 Å². The molecule has 8 heteroatoms. The van der Waals surface area contributed by atoms with E-state index in [2.05, 4.69) is 10.4 Å². The van der Waals surface area contributed by atoms with Gasteiger partial charge in [0.25, 0.3) is 11.5 Å². The Morgan fingerprint density at radius 2 is 1.88 bits per heavy atom. The topological polar surface area (TPSA) is 82.4 Å². The Labute approximate surface area is 141 Å². The van der Waals surface area contributed by atoms with Crippen molar-refractivity contribution in [3.8, 4) is 11.5 Å². The monoisotopic (exact) mass is 345 g/mol. The first-order valence-electron chi connectivity index (χ1n) is 7.04. The lowest BCUT2D eigenvalue weighted by molar-refractivity contribution is 0.101. The second-order valence-electron chi connectivity index (χ2n) is 4.98. The number of amides is 1. The highest BCUT2D eigenvalue weighted by atomic mass is 32.1. The molecule has 0 spiro atoms. The third kappa shape index (κ3) is 2.83. The van der Waals surface area contributed by atoms with Gasteiger partial charge in [0.2, 0.25) is 0 Å². The van der Waals surface area contributed by atoms with Crippen molar-refractivity contribution in [3.63, 3.8) is 0 Å². The molecule has 0 unspecified atom stereocenters. The smallest absolute Gasteiger partial charge is 0.281 e. The van der Waals surface area contributed by atoms with Gasteiger partial charge < -0.3 is 9.47 Å². The minimum absolute atomic E-state index is 0.308. The maximum Gasteiger partial charge on any atom is 0.281 e. The van der Waals surface area contributed by atoms with Crippen LogP contribution in [-0.2, 0) is 0 Å². The molecule has 0 saturated heterocycles. The fourth-order valence-electron chi connectivity index (χ4n) is 2.25. The van der Waals surface area contributed by atoms with Crippen molar-refractivity contribution in [1.82, 2.24) is 9.66 Å². The summed E-state index contributed by atoms with van der Waals surface area (Å²) in [6.45, 7) is 1.66. The van der Waals surface area contributed by atoms with Gasteiger partial charge in [-0.3, -0.25) is 15.0 Å². The molecule has 1 aromatic carbocycles. The molecule has 0 fully saturated rings. The number of nitrogens with zero attached hydrogens (tertiary/aromatic N) is 2. The zero-order valence-corrected chi connectivity index (χ0v) is 14.1. The number of hydrogen-bond donors (Lipinski definition) is 1. The van der Waals surface area contributed by atoms with E-state index in [-0.39, 0.29) is 5.56 Å². The molecule has 0 radical (unpaired) electrons. The first-order chi connectivity index (χ1) is 11.5. The summed E-state index contributed by atoms with van der Waals surface area (Å²) in [6.07, 6.45) is 0. The second kappa shape index (κ2) is 6.32. The minimum atomic E-state index is -0.464. The highest BCUT2D eigenvalue weighted by Crippen LogP contribution is 2.22. The van der Waals surface area contributed by atoms with Gasteiger partial charge >= 0.3 is 0 Å². The van der Waals surface area contributed by atoms with E-state index in [1.54, 1.807) is 36.6 Å². The maximum atomic E-state index is 12.5. The van der Waals surface area contributed by atoms with E-state index >= 15 is 0 Å². The number of aromatic nitrogens is 2. The number of fused-ring (bicyclic) bond motifs is 1. The molecule has 0 atom stereocenters. The predicted molar refractivity (Wildman–Crippen MR) is 91.9 cm³/mol. The van der Waals surface area contributed by atoms with Crippen LogP contribution in [-0.4, -0.2) is 29.8 Å². The lowest BCUT2D eigenvalue weighted by atomic mass is 10.2. The Morgan fingerprint density at radius 1 is 1.21 bits per heavy atom. The van der Waals surface area contributed by atoms with Crippen molar-refractivity contribution in [2.75, 3.05) is 19.6 Å². The van der Waals surface area contributed by atoms with E-state index < -0.39 is 5.91 Å². The summed E-state index contributed by atoms with van der Waals surface area (Å²) in [5, 5.41) is 2.26. The van der Waals surface area contributed by atoms with Gasteiger partial charge in [-0.1, -0.05) is 0 Å². The molecule has 124 valence electrons. The van der Waals surface area contributed by atoms with Gasteiger partial charge in [-0.05, 0) is 30.5 Å². The summed E-state index contributed by atoms with van der Waals surface area (Å²) >= 11 is 1.38. The van der Waals surface area contributed by atoms with Gasteiger partial charge in [-0.2, -0.15) is 0 Å². The number of thiophene rings is 1. The molecule has 2 heterocycles. The SMILES string of the molecule is COc1cc(OC)cc(C(=O)Nn2c(C)nc3sccc3c2=O)c1. The van der Waals surface area contributed by atoms with Crippen LogP contribution in [0.15, 0.2) is 34.4 Å². The molecule has 2 aromatic heterocycles. The largest absolute Gasteiger partial charge is 0.497 e. The van der Waals surface area contributed by atoms with Crippen LogP contribution in [0.5, 0.6) is 11.5 Å². The first-order valence-corrected chi connectivity index (χ1v) is 7.92. The molecule has 0 aliphatic heterocycles. The third-order valence-corrected chi connectivity index (χ3v) is 4.30. The van der Waals surface area contributed by atoms with E-state index in [0.29, 0.717) is 33.1 Å². The van der Waals surface area contributed by atoms with Crippen LogP contribution in [0.2, 0.25) is 0 Å². The molecule has 3 aromatic rings. The normalized spacial score (nSPS) is 10.6. The van der Waals surface area contributed by atoms with Crippen LogP contribution in [0.4, 0.5) is 0 Å². The number of hydrogen-bond acceptors (Lipinski definition) is 6. The van der Waals surface area contributed by atoms with Gasteiger partial charge in [-0.15, -0.1) is 11.3 Å². The van der Waals surface area contributed by atoms with E-state index in [1.807, 2.05) is 0 Å². The second-order valence-corrected chi connectivity index (χ2v) is 5.88. The van der Waals surface area contributed by atoms with Crippen molar-refractivity contribution in [3.05, 3.63) is 51.4 Å². The van der Waals surface area contributed by atoms with E-state index in [9.17, 15) is 9.59 Å². The zero-order valence-electron chi connectivity index (χ0n) is 13.3. The lowest BCUT2D eigenvalue weighted by Crippen LogP contribution is -2.35. The van der Waals surface area contributed by atoms with Crippen LogP contribution >= 0.6 is 11.3 Å². The van der Waals surface area contributed by atoms with E-state index in [1.165, 1.54) is 25.6 Å². The van der Waals surface area contributed by atoms with Crippen molar-refractivity contribution >= 4 is 27.5 Å². The van der Waals surface area contributed by atoms with Gasteiger partial charge in [-0.25, -0.2) is 9.66 Å². The summed E-state index contributed by atoms with van der Waals surface area (Å²) in [5.41, 5.74) is 2.57. The van der Waals surface area contributed by atoms with Crippen molar-refractivity contribution in [2.45, 2.75) is 6.92 Å². The minimum Gasteiger partial charge on any atom is -0.497 e. The molecule has 24 heavy (non-hydrogen) atoms. The fourth-order valence-corrected chi connectivity index (χ4v) is 3.05. The highest BCUT2D eigenvalue weighted by Gasteiger charge is 2.14. The van der Waals surface area contributed by atoms with E-state index in [0.717, 1.165) is 4.68 Å². The lowest BCUT2D eigenvalue weighted by Gasteiger charge is -2.12. The van der Waals surface area contributed by atoms with Gasteiger partial charge in [0, 0.05) is 11.6 Å². The summed E-state index contributed by atoms with van der Waals surface area (Å²) in [4.78, 5) is 30.0. The Hall–Kier alpha value is -2.87. The van der Waals surface area contributed by atoms with Gasteiger partial charge in [0.05, 0.1) is 19.6 Å². The van der Waals surface area contributed by atoms with Crippen LogP contribution in [0, 0.1) is 6.92 Å². The quantitative estimate of drug-likeness (QED) is 0.783. The molecule has 0 aliphatic carbocycles. The average Bonchev–Trinajstić information content (AvgIpc) is 3.06. The standard InChI is InChI=1S/C16H15N3O4S/c1-9-17-15-13(4-5-24-15)16(21)19(9)18-14(20)10-6-11(22-2)8-12(7-10)23-3/h4-8H,1-3H3,(H,18,20). The van der Waals surface area contributed by atoms with E-state index in [4.69, 9.17) is 9.47 Å². The number of carbonyl (C=O) groups is 1. The number of methoxy groups -OCH3 is 2. The molecule has 3 rings (SSSR count). The Balaban J connectivity index is 2.00. The van der Waals surface area contributed by atoms with Gasteiger partial charge in [0.1, 0.15) is 22.2 Å². The highest BCUT2D eigenvalue weighted by molar-refractivity contribution is 7.16. The fraction of sp³-hybridized carbons (Fsp3) is 0.188. The number of nitrogens with one attached hydrogen (secondary N) is 1. The first kappa shape index (κ1) is 16.0. The summed E-state index contributed by atoms with van der Waals surface area (Å²) in [6, 6.07) is 6.47. The molecule has 1 N–H and O–H groups in total. The average molecular weight is 345 g/mol. The van der Waals surface area contributed by atoms with Crippen LogP contribution in [0.3, 0.4) is 0 Å². The summed E-state index contributed by atoms with van der Waals surface area (Å²) in [7, 11) is 3.00. The molecular weight excluding hydrogens is 330 g/mol. The molecule has 0 saturated carbocycles. The predicted octanol–water partition coefficient (Wildman–Crippen LogP) is 2.17. The molecule has 7 nitrogen and oxygen atoms in total. The summed E-state index contributed by atoms with van der Waals surface area (Å²) < 4.78 is 11.4. The number of rotatable bonds is 4. The number of aryl methyl sites for hydroxylation is 1. The van der Waals surface area contributed by atoms with Crippen molar-refractivity contribution < 1.29 is 14.3 Å². The molecule has 1 amide bonds. The molecule has 0 bridgehead atoms. The summed E-state index contributed by atoms with van der Waals surface area (Å²) in [5.74, 6) is 0.900. The Kier molecular flexibility index (Phi) is 4.22. The number of ether oxygens (including phenoxy) is 2. The zero-order chi connectivity index (χ0) is 17.3. The molecular formula is C16H15N3O4S. The molecule has 0 aliphatic rings. The van der Waals surface area contributed by atoms with Crippen LogP contribution in [0.1, 0.15) is 16.2 Å². The Bertz CT molecular complexity index is 955.